The van der Waals surface area contributed by atoms with Crippen LogP contribution in [-0.4, -0.2) is 23.9 Å². The zero-order valence-electron chi connectivity index (χ0n) is 22.4. The van der Waals surface area contributed by atoms with E-state index in [-0.39, 0.29) is 38.9 Å². The number of para-hydroxylation sites is 2. The highest BCUT2D eigenvalue weighted by molar-refractivity contribution is 7.93. The van der Waals surface area contributed by atoms with Gasteiger partial charge in [0.1, 0.15) is 17.5 Å². The molecule has 10 heteroatoms. The number of rotatable bonds is 7. The minimum atomic E-state index is -4.00. The van der Waals surface area contributed by atoms with Gasteiger partial charge in [-0.25, -0.2) is 17.7 Å². The van der Waals surface area contributed by atoms with Crippen LogP contribution in [0.4, 0.5) is 17.1 Å². The van der Waals surface area contributed by atoms with Crippen LogP contribution in [0.1, 0.15) is 47.8 Å². The van der Waals surface area contributed by atoms with Crippen molar-refractivity contribution < 1.29 is 17.6 Å². The number of amides is 1. The van der Waals surface area contributed by atoms with E-state index >= 15 is 0 Å². The summed E-state index contributed by atoms with van der Waals surface area (Å²) in [7, 11) is -4.00. The number of aromatic nitrogens is 2. The maximum Gasteiger partial charge on any atom is 0.268 e. The summed E-state index contributed by atoms with van der Waals surface area (Å²) in [6.45, 7) is 1.62. The second-order valence-electron chi connectivity index (χ2n) is 10.0. The predicted molar refractivity (Wildman–Crippen MR) is 157 cm³/mol. The summed E-state index contributed by atoms with van der Waals surface area (Å²) < 4.78 is 36.2. The number of hydrogen-bond donors (Lipinski definition) is 1. The lowest BCUT2D eigenvalue weighted by atomic mass is 10.1. The summed E-state index contributed by atoms with van der Waals surface area (Å²) in [4.78, 5) is 31.1. The van der Waals surface area contributed by atoms with Gasteiger partial charge in [0.15, 0.2) is 0 Å². The van der Waals surface area contributed by atoms with E-state index in [4.69, 9.17) is 4.42 Å². The first-order chi connectivity index (χ1) is 19.8. The van der Waals surface area contributed by atoms with Crippen molar-refractivity contribution in [2.75, 3.05) is 9.62 Å². The molecule has 0 aliphatic heterocycles. The Morgan fingerprint density at radius 2 is 1.51 bits per heavy atom. The maximum atomic E-state index is 13.8. The van der Waals surface area contributed by atoms with Crippen molar-refractivity contribution in [1.82, 2.24) is 9.55 Å². The molecule has 6 rings (SSSR count). The van der Waals surface area contributed by atoms with Crippen molar-refractivity contribution in [3.05, 3.63) is 113 Å². The molecule has 1 saturated carbocycles. The van der Waals surface area contributed by atoms with Gasteiger partial charge in [0.2, 0.25) is 5.71 Å². The molecular weight excluding hydrogens is 540 g/mol. The predicted octanol–water partition coefficient (Wildman–Crippen LogP) is 6.19. The topological polar surface area (TPSA) is 115 Å². The number of aryl methyl sites for hydroxylation is 1. The average molecular weight is 569 g/mol. The molecule has 1 amide bonds. The molecule has 0 spiro atoms. The number of nitrogens with zero attached hydrogens (tertiary/aromatic N) is 3. The van der Waals surface area contributed by atoms with Crippen LogP contribution in [0.25, 0.3) is 11.1 Å². The summed E-state index contributed by atoms with van der Waals surface area (Å²) in [6.07, 6.45) is 5.39. The lowest BCUT2D eigenvalue weighted by Crippen LogP contribution is -2.26. The Hall–Kier alpha value is -4.70. The van der Waals surface area contributed by atoms with Gasteiger partial charge in [-0.3, -0.25) is 14.2 Å². The number of furan rings is 1. The SMILES string of the molecule is Cc1oc2ncn(C3CCCC3)c(=O)c2c1C(=O)Nc1ccc(S(=O)(=O)N(c2ccccc2)c2ccccc2)cc1. The second kappa shape index (κ2) is 10.7. The van der Waals surface area contributed by atoms with Gasteiger partial charge in [-0.1, -0.05) is 49.2 Å². The molecule has 9 nitrogen and oxygen atoms in total. The van der Waals surface area contributed by atoms with E-state index in [2.05, 4.69) is 10.3 Å². The van der Waals surface area contributed by atoms with Gasteiger partial charge in [-0.15, -0.1) is 0 Å². The molecule has 2 aromatic heterocycles. The average Bonchev–Trinajstić information content (AvgIpc) is 3.63. The Balaban J connectivity index is 1.30. The molecule has 5 aromatic rings. The molecule has 1 aliphatic rings. The first kappa shape index (κ1) is 26.5. The smallest absolute Gasteiger partial charge is 0.268 e. The molecule has 3 aromatic carbocycles. The van der Waals surface area contributed by atoms with Gasteiger partial charge in [-0.2, -0.15) is 0 Å². The van der Waals surface area contributed by atoms with E-state index in [0.29, 0.717) is 17.1 Å². The number of carbonyl (C=O) groups excluding carboxylic acids is 1. The molecule has 1 aliphatic carbocycles. The number of sulfonamides is 1. The van der Waals surface area contributed by atoms with Crippen LogP contribution in [0.3, 0.4) is 0 Å². The number of carbonyl (C=O) groups is 1. The van der Waals surface area contributed by atoms with Crippen LogP contribution in [0.5, 0.6) is 0 Å². The number of nitrogens with one attached hydrogen (secondary N) is 1. The van der Waals surface area contributed by atoms with Crippen LogP contribution in [0.15, 0.2) is 105 Å². The van der Waals surface area contributed by atoms with Gasteiger partial charge in [0, 0.05) is 11.7 Å². The van der Waals surface area contributed by atoms with E-state index in [0.717, 1.165) is 25.7 Å². The number of fused-ring (bicyclic) bond motifs is 1. The summed E-state index contributed by atoms with van der Waals surface area (Å²) in [5.41, 5.74) is 1.31. The Bertz CT molecular complexity index is 1840. The monoisotopic (exact) mass is 568 g/mol. The Kier molecular flexibility index (Phi) is 6.92. The standard InChI is InChI=1S/C31H28N4O5S/c1-21-27(28-30(40-21)32-20-34(31(28)37)23-10-8-9-11-23)29(36)33-22-16-18-26(19-17-22)41(38,39)35(24-12-4-2-5-13-24)25-14-6-3-7-15-25/h2-7,12-20,23H,8-11H2,1H3,(H,33,36). The largest absolute Gasteiger partial charge is 0.442 e. The Labute approximate surface area is 237 Å². The third-order valence-electron chi connectivity index (χ3n) is 7.39. The molecule has 0 unspecified atom stereocenters. The van der Waals surface area contributed by atoms with E-state index in [1.807, 2.05) is 12.1 Å². The van der Waals surface area contributed by atoms with Crippen molar-refractivity contribution >= 4 is 44.1 Å². The lowest BCUT2D eigenvalue weighted by Gasteiger charge is -2.24. The number of hydrogen-bond acceptors (Lipinski definition) is 6. The van der Waals surface area contributed by atoms with Crippen molar-refractivity contribution in [2.24, 2.45) is 0 Å². The van der Waals surface area contributed by atoms with Crippen LogP contribution in [0.2, 0.25) is 0 Å². The quantitative estimate of drug-likeness (QED) is 0.250. The fourth-order valence-electron chi connectivity index (χ4n) is 5.39. The van der Waals surface area contributed by atoms with Gasteiger partial charge in [0.25, 0.3) is 21.5 Å². The van der Waals surface area contributed by atoms with Gasteiger partial charge in [0.05, 0.1) is 21.8 Å². The van der Waals surface area contributed by atoms with Gasteiger partial charge < -0.3 is 9.73 Å². The summed E-state index contributed by atoms with van der Waals surface area (Å²) in [5, 5.41) is 2.93. The van der Waals surface area contributed by atoms with E-state index < -0.39 is 15.9 Å². The molecule has 208 valence electrons. The van der Waals surface area contributed by atoms with Crippen LogP contribution >= 0.6 is 0 Å². The minimum absolute atomic E-state index is 0.0526. The summed E-state index contributed by atoms with van der Waals surface area (Å²) in [6, 6.07) is 23.7. The van der Waals surface area contributed by atoms with E-state index in [1.54, 1.807) is 60.0 Å². The molecule has 0 saturated heterocycles. The molecule has 0 bridgehead atoms. The molecule has 1 fully saturated rings. The van der Waals surface area contributed by atoms with Crippen LogP contribution in [0, 0.1) is 6.92 Å². The normalized spacial score (nSPS) is 13.9. The van der Waals surface area contributed by atoms with Gasteiger partial charge in [-0.05, 0) is 68.3 Å². The van der Waals surface area contributed by atoms with E-state index in [9.17, 15) is 18.0 Å². The molecule has 0 atom stereocenters. The van der Waals surface area contributed by atoms with E-state index in [1.165, 1.54) is 34.9 Å². The zero-order valence-corrected chi connectivity index (χ0v) is 23.2. The number of benzene rings is 3. The lowest BCUT2D eigenvalue weighted by molar-refractivity contribution is 0.102. The summed E-state index contributed by atoms with van der Waals surface area (Å²) >= 11 is 0. The van der Waals surface area contributed by atoms with Crippen molar-refractivity contribution in [3.8, 4) is 0 Å². The van der Waals surface area contributed by atoms with Crippen molar-refractivity contribution in [2.45, 2.75) is 43.5 Å². The third-order valence-corrected chi connectivity index (χ3v) is 9.16. The fraction of sp³-hybridized carbons (Fsp3) is 0.194. The molecule has 1 N–H and O–H groups in total. The zero-order chi connectivity index (χ0) is 28.6. The fourth-order valence-corrected chi connectivity index (χ4v) is 6.88. The Morgan fingerprint density at radius 1 is 0.927 bits per heavy atom. The Morgan fingerprint density at radius 3 is 2.10 bits per heavy atom. The molecular formula is C31H28N4O5S. The number of anilines is 3. The molecule has 0 radical (unpaired) electrons. The highest BCUT2D eigenvalue weighted by atomic mass is 32.2. The van der Waals surface area contributed by atoms with Crippen LogP contribution in [-0.2, 0) is 10.0 Å². The summed E-state index contributed by atoms with van der Waals surface area (Å²) in [5.74, 6) is -0.248. The van der Waals surface area contributed by atoms with Gasteiger partial charge >= 0.3 is 0 Å². The second-order valence-corrected chi connectivity index (χ2v) is 11.8. The van der Waals surface area contributed by atoms with Crippen LogP contribution < -0.4 is 15.2 Å². The highest BCUT2D eigenvalue weighted by Gasteiger charge is 2.28. The third kappa shape index (κ3) is 4.91. The first-order valence-corrected chi connectivity index (χ1v) is 14.9. The minimum Gasteiger partial charge on any atom is -0.442 e. The molecule has 2 heterocycles. The van der Waals surface area contributed by atoms with Crippen molar-refractivity contribution in [1.29, 1.82) is 0 Å². The highest BCUT2D eigenvalue weighted by Crippen LogP contribution is 2.33. The first-order valence-electron chi connectivity index (χ1n) is 13.4. The molecule has 41 heavy (non-hydrogen) atoms. The van der Waals surface area contributed by atoms with Crippen molar-refractivity contribution in [3.63, 3.8) is 0 Å². The maximum absolute atomic E-state index is 13.8.